The van der Waals surface area contributed by atoms with Gasteiger partial charge in [-0.05, 0) is 18.6 Å². The lowest BCUT2D eigenvalue weighted by molar-refractivity contribution is 0.0697. The first-order chi connectivity index (χ1) is 9.31. The zero-order chi connectivity index (χ0) is 14.9. The van der Waals surface area contributed by atoms with Gasteiger partial charge in [-0.15, -0.1) is 0 Å². The van der Waals surface area contributed by atoms with E-state index in [2.05, 4.69) is 4.72 Å². The van der Waals surface area contributed by atoms with Crippen molar-refractivity contribution >= 4 is 39.2 Å². The molecule has 20 heavy (non-hydrogen) atoms. The number of nitrogens with one attached hydrogen (secondary N) is 1. The van der Waals surface area contributed by atoms with Gasteiger partial charge in [-0.2, -0.15) is 0 Å². The number of sulfonamides is 1. The van der Waals surface area contributed by atoms with Crippen LogP contribution in [0.2, 0.25) is 10.0 Å². The molecule has 0 bridgehead atoms. The molecule has 110 valence electrons. The predicted molar refractivity (Wildman–Crippen MR) is 73.0 cm³/mol. The van der Waals surface area contributed by atoms with E-state index >= 15 is 0 Å². The molecule has 0 spiro atoms. The number of carbonyl (C=O) groups is 1. The minimum atomic E-state index is -3.96. The highest BCUT2D eigenvalue weighted by Crippen LogP contribution is 2.29. The van der Waals surface area contributed by atoms with Gasteiger partial charge in [-0.25, -0.2) is 17.9 Å². The zero-order valence-electron chi connectivity index (χ0n) is 10.1. The highest BCUT2D eigenvalue weighted by molar-refractivity contribution is 7.89. The Labute approximate surface area is 125 Å². The summed E-state index contributed by atoms with van der Waals surface area (Å²) in [7, 11) is -3.96. The smallest absolute Gasteiger partial charge is 0.337 e. The van der Waals surface area contributed by atoms with Gasteiger partial charge in [0.05, 0.1) is 17.2 Å². The van der Waals surface area contributed by atoms with Crippen LogP contribution in [-0.2, 0) is 14.8 Å². The van der Waals surface area contributed by atoms with Crippen LogP contribution in [0, 0.1) is 0 Å². The topological polar surface area (TPSA) is 92.7 Å². The minimum absolute atomic E-state index is 0.0187. The number of aromatic carboxylic acids is 1. The molecule has 0 saturated carbocycles. The Morgan fingerprint density at radius 1 is 1.40 bits per heavy atom. The number of rotatable bonds is 4. The summed E-state index contributed by atoms with van der Waals surface area (Å²) in [6.45, 7) is 0.736. The summed E-state index contributed by atoms with van der Waals surface area (Å²) in [5.41, 5.74) is -0.359. The van der Waals surface area contributed by atoms with Crippen molar-refractivity contribution in [3.8, 4) is 0 Å². The van der Waals surface area contributed by atoms with E-state index in [0.29, 0.717) is 13.0 Å². The summed E-state index contributed by atoms with van der Waals surface area (Å²) in [5, 5.41) is 8.60. The quantitative estimate of drug-likeness (QED) is 0.871. The molecule has 1 aromatic carbocycles. The Hall–Kier alpha value is -0.860. The van der Waals surface area contributed by atoms with E-state index in [-0.39, 0.29) is 33.2 Å². The molecule has 6 nitrogen and oxygen atoms in total. The molecule has 1 aromatic rings. The van der Waals surface area contributed by atoms with E-state index in [1.807, 2.05) is 0 Å². The number of halogens is 2. The predicted octanol–water partition coefficient (Wildman–Crippen LogP) is 1.76. The van der Waals surface area contributed by atoms with Gasteiger partial charge in [-0.1, -0.05) is 23.2 Å². The van der Waals surface area contributed by atoms with Crippen molar-refractivity contribution in [3.63, 3.8) is 0 Å². The maximum atomic E-state index is 12.2. The lowest BCUT2D eigenvalue weighted by atomic mass is 10.2. The summed E-state index contributed by atoms with van der Waals surface area (Å²) in [6.07, 6.45) is 0.545. The SMILES string of the molecule is O=C(O)c1cc(Cl)cc(S(=O)(=O)NC2CCOC2)c1Cl. The van der Waals surface area contributed by atoms with Gasteiger partial charge in [0, 0.05) is 17.7 Å². The maximum absolute atomic E-state index is 12.2. The number of carboxylic acid groups (broad SMARTS) is 1. The standard InChI is InChI=1S/C11H11Cl2NO5S/c12-6-3-8(11(15)16)10(13)9(4-6)20(17,18)14-7-1-2-19-5-7/h3-4,7,14H,1-2,5H2,(H,15,16). The molecule has 2 rings (SSSR count). The summed E-state index contributed by atoms with van der Waals surface area (Å²) in [6, 6.07) is 1.86. The highest BCUT2D eigenvalue weighted by Gasteiger charge is 2.27. The molecule has 0 radical (unpaired) electrons. The van der Waals surface area contributed by atoms with Crippen LogP contribution in [0.25, 0.3) is 0 Å². The van der Waals surface area contributed by atoms with E-state index in [0.717, 1.165) is 12.1 Å². The van der Waals surface area contributed by atoms with Gasteiger partial charge in [0.1, 0.15) is 4.90 Å². The molecule has 1 atom stereocenters. The third-order valence-electron chi connectivity index (χ3n) is 2.78. The highest BCUT2D eigenvalue weighted by atomic mass is 35.5. The number of hydrogen-bond donors (Lipinski definition) is 2. The molecule has 1 saturated heterocycles. The molecule has 1 heterocycles. The van der Waals surface area contributed by atoms with Gasteiger partial charge in [0.2, 0.25) is 10.0 Å². The number of ether oxygens (including phenoxy) is 1. The van der Waals surface area contributed by atoms with Crippen molar-refractivity contribution < 1.29 is 23.1 Å². The van der Waals surface area contributed by atoms with Crippen LogP contribution in [0.5, 0.6) is 0 Å². The van der Waals surface area contributed by atoms with Crippen LogP contribution in [0.15, 0.2) is 17.0 Å². The number of benzene rings is 1. The van der Waals surface area contributed by atoms with Gasteiger partial charge in [-0.3, -0.25) is 0 Å². The van der Waals surface area contributed by atoms with Crippen LogP contribution in [0.1, 0.15) is 16.8 Å². The summed E-state index contributed by atoms with van der Waals surface area (Å²) >= 11 is 11.6. The lowest BCUT2D eigenvalue weighted by Crippen LogP contribution is -2.35. The monoisotopic (exact) mass is 339 g/mol. The third-order valence-corrected chi connectivity index (χ3v) is 5.06. The second kappa shape index (κ2) is 5.87. The molecule has 1 fully saturated rings. The average Bonchev–Trinajstić information content (AvgIpc) is 2.83. The van der Waals surface area contributed by atoms with Crippen molar-refractivity contribution in [2.75, 3.05) is 13.2 Å². The van der Waals surface area contributed by atoms with Crippen molar-refractivity contribution in [2.45, 2.75) is 17.4 Å². The van der Waals surface area contributed by atoms with Gasteiger partial charge >= 0.3 is 5.97 Å². The zero-order valence-corrected chi connectivity index (χ0v) is 12.4. The molecule has 0 amide bonds. The molecule has 1 aliphatic rings. The van der Waals surface area contributed by atoms with E-state index in [1.165, 1.54) is 0 Å². The van der Waals surface area contributed by atoms with Crippen LogP contribution >= 0.6 is 23.2 Å². The van der Waals surface area contributed by atoms with Crippen molar-refractivity contribution in [3.05, 3.63) is 27.7 Å². The molecule has 0 aliphatic carbocycles. The van der Waals surface area contributed by atoms with Gasteiger partial charge in [0.25, 0.3) is 0 Å². The lowest BCUT2D eigenvalue weighted by Gasteiger charge is -2.13. The summed E-state index contributed by atoms with van der Waals surface area (Å²) in [4.78, 5) is 10.7. The van der Waals surface area contributed by atoms with Crippen molar-refractivity contribution in [1.29, 1.82) is 0 Å². The molecule has 1 unspecified atom stereocenters. The van der Waals surface area contributed by atoms with Crippen molar-refractivity contribution in [2.24, 2.45) is 0 Å². The van der Waals surface area contributed by atoms with Crippen molar-refractivity contribution in [1.82, 2.24) is 4.72 Å². The number of hydrogen-bond acceptors (Lipinski definition) is 4. The Morgan fingerprint density at radius 2 is 2.10 bits per heavy atom. The molecular weight excluding hydrogens is 329 g/mol. The fraction of sp³-hybridized carbons (Fsp3) is 0.364. The number of carboxylic acids is 1. The Kier molecular flexibility index (Phi) is 4.55. The van der Waals surface area contributed by atoms with Gasteiger partial charge in [0.15, 0.2) is 0 Å². The second-order valence-corrected chi connectivity index (χ2v) is 6.75. The minimum Gasteiger partial charge on any atom is -0.478 e. The first-order valence-corrected chi connectivity index (χ1v) is 7.87. The maximum Gasteiger partial charge on any atom is 0.337 e. The molecule has 0 aromatic heterocycles. The van der Waals surface area contributed by atoms with E-state index in [4.69, 9.17) is 33.0 Å². The second-order valence-electron chi connectivity index (χ2n) is 4.25. The Morgan fingerprint density at radius 3 is 2.65 bits per heavy atom. The first kappa shape index (κ1) is 15.5. The fourth-order valence-electron chi connectivity index (χ4n) is 1.83. The summed E-state index contributed by atoms with van der Waals surface area (Å²) < 4.78 is 32.0. The largest absolute Gasteiger partial charge is 0.478 e. The molecule has 1 aliphatic heterocycles. The van der Waals surface area contributed by atoms with E-state index < -0.39 is 16.0 Å². The van der Waals surface area contributed by atoms with Crippen LogP contribution < -0.4 is 4.72 Å². The fourth-order valence-corrected chi connectivity index (χ4v) is 3.98. The van der Waals surface area contributed by atoms with Crippen LogP contribution in [0.4, 0.5) is 0 Å². The average molecular weight is 340 g/mol. The summed E-state index contributed by atoms with van der Waals surface area (Å²) in [5.74, 6) is -1.35. The Balaban J connectivity index is 2.42. The van der Waals surface area contributed by atoms with E-state index in [1.54, 1.807) is 0 Å². The third kappa shape index (κ3) is 3.24. The van der Waals surface area contributed by atoms with E-state index in [9.17, 15) is 13.2 Å². The molecular formula is C11H11Cl2NO5S. The first-order valence-electron chi connectivity index (χ1n) is 5.63. The normalized spacial score (nSPS) is 19.2. The molecule has 2 N–H and O–H groups in total. The van der Waals surface area contributed by atoms with Crippen LogP contribution in [0.3, 0.4) is 0 Å². The van der Waals surface area contributed by atoms with Crippen LogP contribution in [-0.4, -0.2) is 38.7 Å². The Bertz CT molecular complexity index is 640. The van der Waals surface area contributed by atoms with Gasteiger partial charge < -0.3 is 9.84 Å². The molecule has 9 heteroatoms.